The summed E-state index contributed by atoms with van der Waals surface area (Å²) in [6.45, 7) is 6.48. The van der Waals surface area contributed by atoms with Gasteiger partial charge in [0.15, 0.2) is 0 Å². The van der Waals surface area contributed by atoms with Crippen molar-refractivity contribution in [2.45, 2.75) is 33.6 Å². The Balaban J connectivity index is 2.76. The first-order chi connectivity index (χ1) is 5.03. The number of carbonyl (C=O) groups is 1. The molecule has 0 aromatic heterocycles. The van der Waals surface area contributed by atoms with Gasteiger partial charge in [0.25, 0.3) is 0 Å². The lowest BCUT2D eigenvalue weighted by atomic mass is 9.75. The predicted molar refractivity (Wildman–Crippen MR) is 46.3 cm³/mol. The first kappa shape index (κ1) is 8.51. The van der Waals surface area contributed by atoms with Gasteiger partial charge in [-0.2, -0.15) is 0 Å². The number of allylic oxidation sites excluding steroid dienone is 2. The second-order valence-electron chi connectivity index (χ2n) is 4.28. The van der Waals surface area contributed by atoms with Crippen LogP contribution in [0.1, 0.15) is 33.6 Å². The number of hydrogen-bond acceptors (Lipinski definition) is 1. The Kier molecular flexibility index (Phi) is 2.17. The third-order valence-electron chi connectivity index (χ3n) is 2.20. The van der Waals surface area contributed by atoms with E-state index in [1.54, 1.807) is 0 Å². The summed E-state index contributed by atoms with van der Waals surface area (Å²) >= 11 is 0. The summed E-state index contributed by atoms with van der Waals surface area (Å²) in [4.78, 5) is 10.6. The third kappa shape index (κ3) is 2.18. The van der Waals surface area contributed by atoms with Crippen molar-refractivity contribution in [1.82, 2.24) is 0 Å². The van der Waals surface area contributed by atoms with Crippen LogP contribution < -0.4 is 0 Å². The number of rotatable bonds is 1. The van der Waals surface area contributed by atoms with Gasteiger partial charge in [-0.3, -0.25) is 0 Å². The molecule has 1 nitrogen and oxygen atoms in total. The molecule has 1 aliphatic rings. The highest BCUT2D eigenvalue weighted by Crippen LogP contribution is 2.35. The van der Waals surface area contributed by atoms with Crippen LogP contribution in [-0.4, -0.2) is 6.29 Å². The third-order valence-corrected chi connectivity index (χ3v) is 2.20. The monoisotopic (exact) mass is 152 g/mol. The molecular formula is C10H16O. The zero-order valence-corrected chi connectivity index (χ0v) is 7.55. The zero-order chi connectivity index (χ0) is 8.48. The standard InChI is InChI=1S/C10H16O/c1-8-4-9(7-11)6-10(2,3)5-8/h5,7,9H,4,6H2,1-3H3. The van der Waals surface area contributed by atoms with Crippen molar-refractivity contribution >= 4 is 6.29 Å². The molecule has 11 heavy (non-hydrogen) atoms. The Morgan fingerprint density at radius 1 is 1.64 bits per heavy atom. The summed E-state index contributed by atoms with van der Waals surface area (Å²) in [5, 5.41) is 0. The van der Waals surface area contributed by atoms with Crippen molar-refractivity contribution in [3.05, 3.63) is 11.6 Å². The fourth-order valence-electron chi connectivity index (χ4n) is 2.04. The van der Waals surface area contributed by atoms with Gasteiger partial charge in [0, 0.05) is 5.92 Å². The van der Waals surface area contributed by atoms with Gasteiger partial charge < -0.3 is 4.79 Å². The summed E-state index contributed by atoms with van der Waals surface area (Å²) in [7, 11) is 0. The van der Waals surface area contributed by atoms with E-state index in [-0.39, 0.29) is 11.3 Å². The van der Waals surface area contributed by atoms with E-state index in [9.17, 15) is 4.79 Å². The lowest BCUT2D eigenvalue weighted by Gasteiger charge is -2.30. The Labute approximate surface area is 68.5 Å². The van der Waals surface area contributed by atoms with E-state index in [0.29, 0.717) is 0 Å². The fraction of sp³-hybridized carbons (Fsp3) is 0.700. The highest BCUT2D eigenvalue weighted by atomic mass is 16.1. The highest BCUT2D eigenvalue weighted by Gasteiger charge is 2.25. The molecule has 1 aliphatic carbocycles. The molecule has 0 heterocycles. The minimum Gasteiger partial charge on any atom is -0.303 e. The lowest BCUT2D eigenvalue weighted by Crippen LogP contribution is -2.21. The highest BCUT2D eigenvalue weighted by molar-refractivity contribution is 5.55. The van der Waals surface area contributed by atoms with Crippen LogP contribution in [0.2, 0.25) is 0 Å². The maximum atomic E-state index is 10.6. The van der Waals surface area contributed by atoms with E-state index in [2.05, 4.69) is 26.8 Å². The molecule has 0 aromatic carbocycles. The molecular weight excluding hydrogens is 136 g/mol. The molecule has 0 fully saturated rings. The molecule has 0 aromatic rings. The zero-order valence-electron chi connectivity index (χ0n) is 7.55. The van der Waals surface area contributed by atoms with Crippen LogP contribution >= 0.6 is 0 Å². The van der Waals surface area contributed by atoms with E-state index in [1.165, 1.54) is 5.57 Å². The Bertz CT molecular complexity index is 189. The Hall–Kier alpha value is -0.590. The van der Waals surface area contributed by atoms with Crippen molar-refractivity contribution in [2.75, 3.05) is 0 Å². The molecule has 0 radical (unpaired) electrons. The Morgan fingerprint density at radius 3 is 2.73 bits per heavy atom. The number of hydrogen-bond donors (Lipinski definition) is 0. The largest absolute Gasteiger partial charge is 0.303 e. The average molecular weight is 152 g/mol. The maximum Gasteiger partial charge on any atom is 0.123 e. The van der Waals surface area contributed by atoms with Gasteiger partial charge in [0.1, 0.15) is 6.29 Å². The molecule has 1 rings (SSSR count). The summed E-state index contributed by atoms with van der Waals surface area (Å²) in [5.41, 5.74) is 1.59. The minimum atomic E-state index is 0.230. The van der Waals surface area contributed by atoms with Gasteiger partial charge in [0.2, 0.25) is 0 Å². The smallest absolute Gasteiger partial charge is 0.123 e. The normalized spacial score (nSPS) is 29.4. The van der Waals surface area contributed by atoms with Crippen LogP contribution in [0.25, 0.3) is 0 Å². The molecule has 1 atom stereocenters. The van der Waals surface area contributed by atoms with Gasteiger partial charge in [-0.25, -0.2) is 0 Å². The second kappa shape index (κ2) is 2.80. The second-order valence-corrected chi connectivity index (χ2v) is 4.28. The molecule has 0 bridgehead atoms. The lowest BCUT2D eigenvalue weighted by molar-refractivity contribution is -0.111. The summed E-state index contributed by atoms with van der Waals surface area (Å²) < 4.78 is 0. The fourth-order valence-corrected chi connectivity index (χ4v) is 2.04. The van der Waals surface area contributed by atoms with E-state index in [4.69, 9.17) is 0 Å². The van der Waals surface area contributed by atoms with Crippen LogP contribution in [0.3, 0.4) is 0 Å². The van der Waals surface area contributed by atoms with Gasteiger partial charge in [-0.15, -0.1) is 0 Å². The van der Waals surface area contributed by atoms with Crippen molar-refractivity contribution in [3.8, 4) is 0 Å². The van der Waals surface area contributed by atoms with E-state index in [1.807, 2.05) is 0 Å². The molecule has 0 spiro atoms. The molecule has 1 unspecified atom stereocenters. The van der Waals surface area contributed by atoms with Crippen molar-refractivity contribution in [2.24, 2.45) is 11.3 Å². The van der Waals surface area contributed by atoms with Crippen LogP contribution in [0.5, 0.6) is 0 Å². The molecule has 0 saturated carbocycles. The molecule has 1 heteroatoms. The van der Waals surface area contributed by atoms with Crippen molar-refractivity contribution in [3.63, 3.8) is 0 Å². The molecule has 62 valence electrons. The maximum absolute atomic E-state index is 10.6. The van der Waals surface area contributed by atoms with Crippen LogP contribution in [0.4, 0.5) is 0 Å². The average Bonchev–Trinajstić information content (AvgIpc) is 1.83. The summed E-state index contributed by atoms with van der Waals surface area (Å²) in [6, 6.07) is 0. The van der Waals surface area contributed by atoms with Crippen LogP contribution in [0.15, 0.2) is 11.6 Å². The van der Waals surface area contributed by atoms with Crippen molar-refractivity contribution in [1.29, 1.82) is 0 Å². The predicted octanol–water partition coefficient (Wildman–Crippen LogP) is 2.57. The van der Waals surface area contributed by atoms with Crippen LogP contribution in [0, 0.1) is 11.3 Å². The van der Waals surface area contributed by atoms with E-state index >= 15 is 0 Å². The van der Waals surface area contributed by atoms with Gasteiger partial charge in [0.05, 0.1) is 0 Å². The van der Waals surface area contributed by atoms with Gasteiger partial charge >= 0.3 is 0 Å². The first-order valence-electron chi connectivity index (χ1n) is 4.17. The molecule has 0 aliphatic heterocycles. The number of carbonyl (C=O) groups excluding carboxylic acids is 1. The van der Waals surface area contributed by atoms with Crippen molar-refractivity contribution < 1.29 is 4.79 Å². The first-order valence-corrected chi connectivity index (χ1v) is 4.17. The van der Waals surface area contributed by atoms with Gasteiger partial charge in [-0.05, 0) is 25.2 Å². The summed E-state index contributed by atoms with van der Waals surface area (Å²) in [5.74, 6) is 0.259. The number of aldehydes is 1. The quantitative estimate of drug-likeness (QED) is 0.417. The molecule has 0 amide bonds. The summed E-state index contributed by atoms with van der Waals surface area (Å²) in [6.07, 6.45) is 5.35. The van der Waals surface area contributed by atoms with Gasteiger partial charge in [-0.1, -0.05) is 25.5 Å². The molecule has 0 saturated heterocycles. The minimum absolute atomic E-state index is 0.230. The topological polar surface area (TPSA) is 17.1 Å². The molecule has 0 N–H and O–H groups in total. The van der Waals surface area contributed by atoms with E-state index < -0.39 is 0 Å². The Morgan fingerprint density at radius 2 is 2.27 bits per heavy atom. The SMILES string of the molecule is CC1=CC(C)(C)CC(C=O)C1. The van der Waals surface area contributed by atoms with E-state index in [0.717, 1.165) is 19.1 Å². The van der Waals surface area contributed by atoms with Crippen LogP contribution in [-0.2, 0) is 4.79 Å².